The van der Waals surface area contributed by atoms with Crippen molar-refractivity contribution in [1.29, 1.82) is 0 Å². The van der Waals surface area contributed by atoms with Crippen molar-refractivity contribution in [2.75, 3.05) is 4.31 Å². The molecule has 7 nitrogen and oxygen atoms in total. The van der Waals surface area contributed by atoms with Crippen LogP contribution >= 0.6 is 0 Å². The number of carbonyl (C=O) groups is 1. The van der Waals surface area contributed by atoms with Gasteiger partial charge in [-0.05, 0) is 48.0 Å². The Balaban J connectivity index is 1.89. The summed E-state index contributed by atoms with van der Waals surface area (Å²) < 4.78 is 112. The number of carboxylic acids is 1. The van der Waals surface area contributed by atoms with E-state index in [4.69, 9.17) is 5.11 Å². The number of aromatic nitrogens is 1. The summed E-state index contributed by atoms with van der Waals surface area (Å²) in [4.78, 5) is 14.6. The van der Waals surface area contributed by atoms with E-state index in [-0.39, 0.29) is 22.0 Å². The van der Waals surface area contributed by atoms with Crippen molar-refractivity contribution in [2.45, 2.75) is 24.0 Å². The van der Waals surface area contributed by atoms with Crippen LogP contribution in [0.2, 0.25) is 0 Å². The zero-order valence-corrected chi connectivity index (χ0v) is 20.2. The molecule has 0 atom stereocenters. The maximum Gasteiger partial charge on any atom is 0.573 e. The third kappa shape index (κ3) is 6.06. The number of pyridine rings is 1. The third-order valence-electron chi connectivity index (χ3n) is 5.48. The number of benzene rings is 3. The van der Waals surface area contributed by atoms with Gasteiger partial charge in [-0.2, -0.15) is 13.2 Å². The first-order chi connectivity index (χ1) is 18.2. The number of halogens is 6. The van der Waals surface area contributed by atoms with Gasteiger partial charge in [-0.3, -0.25) is 9.29 Å². The molecule has 0 unspecified atom stereocenters. The number of aromatic carboxylic acids is 1. The predicted octanol–water partition coefficient (Wildman–Crippen LogP) is 6.25. The van der Waals surface area contributed by atoms with E-state index in [0.29, 0.717) is 4.31 Å². The average molecular weight is 570 g/mol. The van der Waals surface area contributed by atoms with Crippen LogP contribution in [0.5, 0.6) is 5.75 Å². The number of nitrogens with zero attached hydrogens (tertiary/aromatic N) is 2. The first-order valence-electron chi connectivity index (χ1n) is 10.8. The van der Waals surface area contributed by atoms with Gasteiger partial charge in [0.15, 0.2) is 0 Å². The molecule has 0 spiro atoms. The monoisotopic (exact) mass is 570 g/mol. The fourth-order valence-corrected chi connectivity index (χ4v) is 5.23. The molecular formula is C25H16F6N2O5S. The van der Waals surface area contributed by atoms with Crippen LogP contribution in [-0.2, 0) is 22.7 Å². The van der Waals surface area contributed by atoms with Crippen molar-refractivity contribution in [2.24, 2.45) is 0 Å². The lowest BCUT2D eigenvalue weighted by Crippen LogP contribution is -2.32. The Labute approximate surface area is 216 Å². The fraction of sp³-hybridized carbons (Fsp3) is 0.120. The van der Waals surface area contributed by atoms with Crippen LogP contribution < -0.4 is 9.04 Å². The van der Waals surface area contributed by atoms with E-state index in [9.17, 15) is 39.6 Å². The van der Waals surface area contributed by atoms with Gasteiger partial charge in [-0.25, -0.2) is 13.2 Å². The highest BCUT2D eigenvalue weighted by Gasteiger charge is 2.40. The lowest BCUT2D eigenvalue weighted by molar-refractivity contribution is -0.274. The molecule has 4 rings (SSSR count). The quantitative estimate of drug-likeness (QED) is 0.264. The van der Waals surface area contributed by atoms with Crippen molar-refractivity contribution < 1.29 is 49.4 Å². The van der Waals surface area contributed by atoms with E-state index in [1.54, 1.807) is 0 Å². The van der Waals surface area contributed by atoms with Gasteiger partial charge in [0, 0.05) is 5.39 Å². The Morgan fingerprint density at radius 2 is 1.51 bits per heavy atom. The number of hydrogen-bond donors (Lipinski definition) is 1. The van der Waals surface area contributed by atoms with Gasteiger partial charge < -0.3 is 9.84 Å². The topological polar surface area (TPSA) is 96.8 Å². The number of rotatable bonds is 7. The van der Waals surface area contributed by atoms with Crippen LogP contribution in [0.25, 0.3) is 10.9 Å². The van der Waals surface area contributed by atoms with Crippen molar-refractivity contribution in [3.05, 3.63) is 95.7 Å². The maximum atomic E-state index is 14.4. The van der Waals surface area contributed by atoms with Gasteiger partial charge >= 0.3 is 18.5 Å². The molecule has 0 aliphatic heterocycles. The Hall–Kier alpha value is -4.33. The molecule has 0 fully saturated rings. The highest BCUT2D eigenvalue weighted by Crippen LogP contribution is 2.42. The summed E-state index contributed by atoms with van der Waals surface area (Å²) in [5.74, 6) is -1.97. The predicted molar refractivity (Wildman–Crippen MR) is 127 cm³/mol. The molecule has 0 saturated heterocycles. The Morgan fingerprint density at radius 1 is 0.897 bits per heavy atom. The summed E-state index contributed by atoms with van der Waals surface area (Å²) in [6, 6.07) is 12.9. The molecule has 0 amide bonds. The lowest BCUT2D eigenvalue weighted by atomic mass is 10.1. The van der Waals surface area contributed by atoms with Gasteiger partial charge in [-0.1, -0.05) is 30.3 Å². The molecule has 14 heteroatoms. The Morgan fingerprint density at radius 3 is 2.08 bits per heavy atom. The summed E-state index contributed by atoms with van der Waals surface area (Å²) in [5.41, 5.74) is -2.42. The minimum Gasteiger partial charge on any atom is -0.478 e. The number of anilines is 1. The maximum absolute atomic E-state index is 14.4. The summed E-state index contributed by atoms with van der Waals surface area (Å²) in [5, 5.41) is 8.73. The van der Waals surface area contributed by atoms with E-state index >= 15 is 0 Å². The van der Waals surface area contributed by atoms with E-state index < -0.39 is 57.0 Å². The molecule has 0 bridgehead atoms. The third-order valence-corrected chi connectivity index (χ3v) is 7.25. The van der Waals surface area contributed by atoms with Crippen LogP contribution in [0, 0.1) is 0 Å². The van der Waals surface area contributed by atoms with Crippen molar-refractivity contribution >= 4 is 32.6 Å². The second-order valence-electron chi connectivity index (χ2n) is 8.07. The largest absolute Gasteiger partial charge is 0.573 e. The normalized spacial score (nSPS) is 12.4. The van der Waals surface area contributed by atoms with Crippen LogP contribution in [0.1, 0.15) is 21.5 Å². The van der Waals surface area contributed by atoms with E-state index in [2.05, 4.69) is 9.72 Å². The van der Waals surface area contributed by atoms with E-state index in [1.165, 1.54) is 18.2 Å². The number of alkyl halides is 6. The zero-order chi connectivity index (χ0) is 28.6. The van der Waals surface area contributed by atoms with Gasteiger partial charge in [0.2, 0.25) is 0 Å². The smallest absolute Gasteiger partial charge is 0.478 e. The number of sulfonamides is 1. The van der Waals surface area contributed by atoms with Crippen molar-refractivity contribution in [3.8, 4) is 5.75 Å². The van der Waals surface area contributed by atoms with Crippen molar-refractivity contribution in [1.82, 2.24) is 4.98 Å². The number of para-hydroxylation sites is 1. The molecule has 1 aromatic heterocycles. The second kappa shape index (κ2) is 10.1. The molecule has 0 saturated carbocycles. The highest BCUT2D eigenvalue weighted by molar-refractivity contribution is 7.92. The average Bonchev–Trinajstić information content (AvgIpc) is 2.86. The molecule has 0 radical (unpaired) electrons. The summed E-state index contributed by atoms with van der Waals surface area (Å²) in [6.07, 6.45) is -9.28. The van der Waals surface area contributed by atoms with Gasteiger partial charge in [0.05, 0.1) is 40.0 Å². The zero-order valence-electron chi connectivity index (χ0n) is 19.4. The molecular weight excluding hydrogens is 554 g/mol. The first-order valence-corrected chi connectivity index (χ1v) is 12.3. The van der Waals surface area contributed by atoms with Crippen LogP contribution in [0.15, 0.2) is 83.9 Å². The van der Waals surface area contributed by atoms with Crippen molar-refractivity contribution in [3.63, 3.8) is 0 Å². The molecule has 39 heavy (non-hydrogen) atoms. The van der Waals surface area contributed by atoms with Crippen LogP contribution in [0.3, 0.4) is 0 Å². The van der Waals surface area contributed by atoms with Crippen LogP contribution in [-0.4, -0.2) is 30.8 Å². The molecule has 0 aliphatic carbocycles. The minimum atomic E-state index is -5.04. The van der Waals surface area contributed by atoms with Crippen LogP contribution in [0.4, 0.5) is 32.0 Å². The standard InChI is InChI=1S/C25H16F6N2O5S/c26-24(27,28)22-19-3-1-2-4-20(19)32-13-21(22)33(14-15-5-9-17(10-6-15)38-25(29,30)31)39(36,37)18-11-7-16(8-12-18)23(34)35/h1-13H,14H2,(H,34,35). The molecule has 1 N–H and O–H groups in total. The second-order valence-corrected chi connectivity index (χ2v) is 9.93. The SMILES string of the molecule is O=C(O)c1ccc(S(=O)(=O)N(Cc2ccc(OC(F)(F)F)cc2)c2cnc3ccccc3c2C(F)(F)F)cc1. The molecule has 4 aromatic rings. The number of carboxylic acid groups (broad SMARTS) is 1. The van der Waals surface area contributed by atoms with Gasteiger partial charge in [0.25, 0.3) is 10.0 Å². The fourth-order valence-electron chi connectivity index (χ4n) is 3.78. The lowest BCUT2D eigenvalue weighted by Gasteiger charge is -2.28. The summed E-state index contributed by atoms with van der Waals surface area (Å²) in [6.45, 7) is -0.738. The number of hydrogen-bond acceptors (Lipinski definition) is 5. The van der Waals surface area contributed by atoms with E-state index in [1.807, 2.05) is 0 Å². The first kappa shape index (κ1) is 27.7. The number of fused-ring (bicyclic) bond motifs is 1. The number of ether oxygens (including phenoxy) is 1. The Kier molecular flexibility index (Phi) is 7.17. The molecule has 0 aliphatic rings. The Bertz CT molecular complexity index is 1620. The molecule has 3 aromatic carbocycles. The van der Waals surface area contributed by atoms with Gasteiger partial charge in [-0.15, -0.1) is 13.2 Å². The van der Waals surface area contributed by atoms with Gasteiger partial charge in [0.1, 0.15) is 5.75 Å². The summed E-state index contributed by atoms with van der Waals surface area (Å²) in [7, 11) is -4.80. The molecule has 204 valence electrons. The highest BCUT2D eigenvalue weighted by atomic mass is 32.2. The molecule has 1 heterocycles. The summed E-state index contributed by atoms with van der Waals surface area (Å²) >= 11 is 0. The minimum absolute atomic E-state index is 0.0246. The van der Waals surface area contributed by atoms with E-state index in [0.717, 1.165) is 60.8 Å².